The van der Waals surface area contributed by atoms with Gasteiger partial charge in [-0.05, 0) is 77.6 Å². The Balaban J connectivity index is 1.37. The first-order valence-corrected chi connectivity index (χ1v) is 12.8. The van der Waals surface area contributed by atoms with Gasteiger partial charge in [-0.2, -0.15) is 0 Å². The average Bonchev–Trinajstić information content (AvgIpc) is 3.06. The number of anilines is 1. The molecule has 0 aliphatic carbocycles. The minimum atomic E-state index is -1.07. The number of halogens is 2. The van der Waals surface area contributed by atoms with Crippen molar-refractivity contribution in [2.24, 2.45) is 0 Å². The van der Waals surface area contributed by atoms with Crippen LogP contribution in [0.3, 0.4) is 0 Å². The summed E-state index contributed by atoms with van der Waals surface area (Å²) in [5.41, 5.74) is -0.512. The van der Waals surface area contributed by atoms with Crippen LogP contribution < -0.4 is 20.3 Å². The number of aromatic nitrogens is 1. The number of nitrogens with zero attached hydrogens (tertiary/aromatic N) is 2. The van der Waals surface area contributed by atoms with Crippen LogP contribution in [0.15, 0.2) is 36.5 Å². The van der Waals surface area contributed by atoms with Crippen molar-refractivity contribution in [3.8, 4) is 5.75 Å². The second-order valence-electron chi connectivity index (χ2n) is 10.2. The summed E-state index contributed by atoms with van der Waals surface area (Å²) in [5.74, 6) is 1.09. The van der Waals surface area contributed by atoms with Crippen LogP contribution in [0.5, 0.6) is 5.75 Å². The number of amides is 2. The summed E-state index contributed by atoms with van der Waals surface area (Å²) in [5, 5.41) is 6.90. The third kappa shape index (κ3) is 5.84. The number of fused-ring (bicyclic) bond motifs is 2. The quantitative estimate of drug-likeness (QED) is 0.538. The number of ether oxygens (including phenoxy) is 1. The second kappa shape index (κ2) is 10.2. The number of carbonyl (C=O) groups excluding carboxylic acids is 2. The van der Waals surface area contributed by atoms with Crippen molar-refractivity contribution in [2.75, 3.05) is 4.90 Å². The highest BCUT2D eigenvalue weighted by molar-refractivity contribution is 6.42. The maximum absolute atomic E-state index is 13.1. The molecule has 1 aromatic heterocycles. The molecule has 2 N–H and O–H groups in total. The number of hydrogen-bond donors (Lipinski definition) is 2. The van der Waals surface area contributed by atoms with Crippen LogP contribution in [0.4, 0.5) is 5.82 Å². The first-order valence-electron chi connectivity index (χ1n) is 12.0. The molecule has 2 saturated heterocycles. The molecule has 0 saturated carbocycles. The van der Waals surface area contributed by atoms with E-state index in [1.54, 1.807) is 38.2 Å². The molecule has 2 amide bonds. The van der Waals surface area contributed by atoms with Gasteiger partial charge in [-0.1, -0.05) is 23.2 Å². The molecule has 7 nitrogen and oxygen atoms in total. The van der Waals surface area contributed by atoms with Gasteiger partial charge in [0.1, 0.15) is 11.6 Å². The molecule has 2 bridgehead atoms. The highest BCUT2D eigenvalue weighted by Gasteiger charge is 2.43. The van der Waals surface area contributed by atoms with Crippen LogP contribution in [0.2, 0.25) is 10.0 Å². The largest absolute Gasteiger partial charge is 0.478 e. The minimum Gasteiger partial charge on any atom is -0.478 e. The predicted molar refractivity (Wildman–Crippen MR) is 138 cm³/mol. The smallest absolute Gasteiger partial charge is 0.263 e. The molecule has 9 heteroatoms. The molecule has 2 fully saturated rings. The van der Waals surface area contributed by atoms with Gasteiger partial charge in [0.05, 0.1) is 15.6 Å². The zero-order valence-corrected chi connectivity index (χ0v) is 22.0. The maximum atomic E-state index is 13.1. The fraction of sp³-hybridized carbons (Fsp3) is 0.500. The lowest BCUT2D eigenvalue weighted by Crippen LogP contribution is -2.55. The molecule has 3 atom stereocenters. The number of piperidine rings is 1. The van der Waals surface area contributed by atoms with Gasteiger partial charge in [0.25, 0.3) is 11.8 Å². The van der Waals surface area contributed by atoms with Gasteiger partial charge < -0.3 is 20.3 Å². The summed E-state index contributed by atoms with van der Waals surface area (Å²) in [6.07, 6.45) is 5.42. The molecule has 1 unspecified atom stereocenters. The van der Waals surface area contributed by atoms with Crippen molar-refractivity contribution < 1.29 is 14.3 Å². The van der Waals surface area contributed by atoms with Crippen LogP contribution in [0.1, 0.15) is 63.7 Å². The van der Waals surface area contributed by atoms with Crippen molar-refractivity contribution in [3.05, 3.63) is 52.1 Å². The van der Waals surface area contributed by atoms with Crippen molar-refractivity contribution >= 4 is 40.8 Å². The minimum absolute atomic E-state index is 0.0593. The van der Waals surface area contributed by atoms with Gasteiger partial charge >= 0.3 is 0 Å². The number of hydrogen-bond acceptors (Lipinski definition) is 5. The summed E-state index contributed by atoms with van der Waals surface area (Å²) in [4.78, 5) is 32.3. The van der Waals surface area contributed by atoms with Crippen molar-refractivity contribution in [2.45, 2.75) is 83.1 Å². The molecule has 2 aromatic rings. The first kappa shape index (κ1) is 25.6. The van der Waals surface area contributed by atoms with Crippen molar-refractivity contribution in [3.63, 3.8) is 0 Å². The van der Waals surface area contributed by atoms with Gasteiger partial charge in [0.15, 0.2) is 5.60 Å². The van der Waals surface area contributed by atoms with E-state index in [-0.39, 0.29) is 23.9 Å². The molecule has 3 heterocycles. The third-order valence-corrected chi connectivity index (χ3v) is 7.31. The van der Waals surface area contributed by atoms with Crippen LogP contribution in [-0.2, 0) is 4.79 Å². The molecule has 2 aliphatic heterocycles. The van der Waals surface area contributed by atoms with Crippen LogP contribution in [0, 0.1) is 0 Å². The maximum Gasteiger partial charge on any atom is 0.263 e. The van der Waals surface area contributed by atoms with E-state index in [0.29, 0.717) is 33.4 Å². The molecule has 0 spiro atoms. The SMILES string of the molecule is CC(C)NC(=O)c1ccc(N2[C@@H]3CC[C@H]2CC(NC(=O)C(C)(C)Oc2ccc(Cl)c(Cl)c2)C3)nc1. The molecular weight excluding hydrogens is 487 g/mol. The van der Waals surface area contributed by atoms with Crippen molar-refractivity contribution in [1.29, 1.82) is 0 Å². The van der Waals surface area contributed by atoms with E-state index in [9.17, 15) is 9.59 Å². The number of carbonyl (C=O) groups is 2. The third-order valence-electron chi connectivity index (χ3n) is 6.57. The Hall–Kier alpha value is -2.51. The molecule has 0 radical (unpaired) electrons. The van der Waals surface area contributed by atoms with Gasteiger partial charge in [0.2, 0.25) is 0 Å². The standard InChI is InChI=1S/C26H32Cl2N4O3/c1-15(2)30-24(33)16-5-10-23(29-14-16)32-18-6-7-19(32)12-17(11-18)31-25(34)26(3,4)35-20-8-9-21(27)22(28)13-20/h5,8-10,13-15,17-19H,6-7,11-12H2,1-4H3,(H,30,33)(H,31,34)/t17?,18-,19+. The fourth-order valence-corrected chi connectivity index (χ4v) is 5.22. The first-order chi connectivity index (χ1) is 16.5. The van der Waals surface area contributed by atoms with E-state index in [1.165, 1.54) is 0 Å². The Bertz CT molecular complexity index is 1080. The van der Waals surface area contributed by atoms with Gasteiger partial charge in [0, 0.05) is 36.4 Å². The molecule has 35 heavy (non-hydrogen) atoms. The Morgan fingerprint density at radius 2 is 1.77 bits per heavy atom. The molecule has 4 rings (SSSR count). The summed E-state index contributed by atoms with van der Waals surface area (Å²) in [6.45, 7) is 7.35. The summed E-state index contributed by atoms with van der Waals surface area (Å²) in [6, 6.07) is 9.44. The van der Waals surface area contributed by atoms with E-state index in [1.807, 2.05) is 26.0 Å². The molecule has 188 valence electrons. The zero-order valence-electron chi connectivity index (χ0n) is 20.5. The van der Waals surface area contributed by atoms with E-state index in [0.717, 1.165) is 31.5 Å². The van der Waals surface area contributed by atoms with Crippen LogP contribution in [0.25, 0.3) is 0 Å². The van der Waals surface area contributed by atoms with Gasteiger partial charge in [-0.15, -0.1) is 0 Å². The topological polar surface area (TPSA) is 83.6 Å². The lowest BCUT2D eigenvalue weighted by atomic mass is 9.96. The lowest BCUT2D eigenvalue weighted by molar-refractivity contribution is -0.135. The summed E-state index contributed by atoms with van der Waals surface area (Å²) in [7, 11) is 0. The zero-order chi connectivity index (χ0) is 25.3. The Labute approximate surface area is 216 Å². The van der Waals surface area contributed by atoms with Crippen LogP contribution in [-0.4, -0.2) is 46.6 Å². The second-order valence-corrected chi connectivity index (χ2v) is 11.0. The highest BCUT2D eigenvalue weighted by Crippen LogP contribution is 2.39. The van der Waals surface area contributed by atoms with Crippen LogP contribution >= 0.6 is 23.2 Å². The molecule has 1 aromatic carbocycles. The average molecular weight is 519 g/mol. The summed E-state index contributed by atoms with van der Waals surface area (Å²) >= 11 is 12.1. The van der Waals surface area contributed by atoms with Crippen molar-refractivity contribution in [1.82, 2.24) is 15.6 Å². The monoisotopic (exact) mass is 518 g/mol. The van der Waals surface area contributed by atoms with Gasteiger partial charge in [-0.25, -0.2) is 4.98 Å². The van der Waals surface area contributed by atoms with E-state index in [2.05, 4.69) is 20.5 Å². The number of nitrogens with one attached hydrogen (secondary N) is 2. The normalized spacial score (nSPS) is 21.7. The summed E-state index contributed by atoms with van der Waals surface area (Å²) < 4.78 is 5.95. The Kier molecular flexibility index (Phi) is 7.48. The predicted octanol–water partition coefficient (Wildman–Crippen LogP) is 5.00. The number of rotatable bonds is 7. The van der Waals surface area contributed by atoms with Gasteiger partial charge in [-0.3, -0.25) is 9.59 Å². The van der Waals surface area contributed by atoms with E-state index >= 15 is 0 Å². The molecular formula is C26H32Cl2N4O3. The highest BCUT2D eigenvalue weighted by atomic mass is 35.5. The Morgan fingerprint density at radius 3 is 2.34 bits per heavy atom. The molecule has 2 aliphatic rings. The number of pyridine rings is 1. The number of benzene rings is 1. The lowest BCUT2D eigenvalue weighted by Gasteiger charge is -2.40. The fourth-order valence-electron chi connectivity index (χ4n) is 4.93. The van der Waals surface area contributed by atoms with E-state index < -0.39 is 5.60 Å². The Morgan fingerprint density at radius 1 is 1.09 bits per heavy atom. The van der Waals surface area contributed by atoms with E-state index in [4.69, 9.17) is 27.9 Å².